The second-order valence-corrected chi connectivity index (χ2v) is 5.49. The van der Waals surface area contributed by atoms with Gasteiger partial charge in [0, 0.05) is 18.9 Å². The molecule has 1 heterocycles. The largest absolute Gasteiger partial charge is 0.466 e. The monoisotopic (exact) mass is 261 g/mol. The van der Waals surface area contributed by atoms with Crippen molar-refractivity contribution < 1.29 is 9.21 Å². The molecule has 1 aliphatic rings. The van der Waals surface area contributed by atoms with E-state index in [4.69, 9.17) is 4.42 Å². The smallest absolute Gasteiger partial charge is 0.220 e. The number of hydrogen-bond donors (Lipinski definition) is 1. The summed E-state index contributed by atoms with van der Waals surface area (Å²) < 4.78 is 5.52. The van der Waals surface area contributed by atoms with E-state index in [-0.39, 0.29) is 11.9 Å². The van der Waals surface area contributed by atoms with Crippen molar-refractivity contribution in [2.75, 3.05) is 0 Å². The molecular formula is C16H23NO2. The first kappa shape index (κ1) is 13.9. The highest BCUT2D eigenvalue weighted by atomic mass is 16.3. The molecule has 2 atom stereocenters. The second-order valence-electron chi connectivity index (χ2n) is 5.49. The minimum atomic E-state index is 0.166. The van der Waals surface area contributed by atoms with E-state index in [0.717, 1.165) is 37.2 Å². The molecule has 3 nitrogen and oxygen atoms in total. The van der Waals surface area contributed by atoms with Crippen LogP contribution in [0.3, 0.4) is 0 Å². The van der Waals surface area contributed by atoms with Crippen LogP contribution in [0.1, 0.15) is 44.1 Å². The van der Waals surface area contributed by atoms with Crippen molar-refractivity contribution in [3.05, 3.63) is 35.8 Å². The normalized spacial score (nSPS) is 19.6. The zero-order chi connectivity index (χ0) is 13.7. The molecule has 1 aromatic heterocycles. The zero-order valence-electron chi connectivity index (χ0n) is 11.8. The molecule has 1 amide bonds. The minimum absolute atomic E-state index is 0.166. The predicted octanol–water partition coefficient (Wildman–Crippen LogP) is 3.38. The van der Waals surface area contributed by atoms with Crippen molar-refractivity contribution >= 4 is 5.91 Å². The Morgan fingerprint density at radius 3 is 3.00 bits per heavy atom. The van der Waals surface area contributed by atoms with E-state index in [2.05, 4.69) is 24.4 Å². The Bertz CT molecular complexity index is 447. The number of allylic oxidation sites excluding steroid dienone is 2. The van der Waals surface area contributed by atoms with Gasteiger partial charge in [-0.2, -0.15) is 0 Å². The summed E-state index contributed by atoms with van der Waals surface area (Å²) in [6, 6.07) is 4.18. The molecule has 3 heteroatoms. The lowest BCUT2D eigenvalue weighted by Gasteiger charge is -2.14. The third-order valence-corrected chi connectivity index (χ3v) is 3.59. The van der Waals surface area contributed by atoms with E-state index < -0.39 is 0 Å². The molecule has 0 bridgehead atoms. The average Bonchev–Trinajstić information content (AvgIpc) is 2.98. The lowest BCUT2D eigenvalue weighted by Crippen LogP contribution is -2.33. The highest BCUT2D eigenvalue weighted by Crippen LogP contribution is 2.20. The number of carbonyl (C=O) groups excluding carboxylic acids is 1. The van der Waals surface area contributed by atoms with Crippen LogP contribution in [0.15, 0.2) is 28.7 Å². The summed E-state index contributed by atoms with van der Waals surface area (Å²) in [5.74, 6) is 2.55. The first-order chi connectivity index (χ1) is 9.13. The summed E-state index contributed by atoms with van der Waals surface area (Å²) in [6.45, 7) is 4.00. The SMILES string of the molecule is Cc1ccc(CCC(C)NC(=O)CC2C=CCC2)o1. The molecule has 0 fully saturated rings. The quantitative estimate of drug-likeness (QED) is 0.798. The van der Waals surface area contributed by atoms with Crippen LogP contribution in [0.5, 0.6) is 0 Å². The van der Waals surface area contributed by atoms with Crippen LogP contribution in [0.4, 0.5) is 0 Å². The summed E-state index contributed by atoms with van der Waals surface area (Å²) in [7, 11) is 0. The van der Waals surface area contributed by atoms with Gasteiger partial charge in [0.15, 0.2) is 0 Å². The number of hydrogen-bond acceptors (Lipinski definition) is 2. The van der Waals surface area contributed by atoms with Crippen molar-refractivity contribution in [2.24, 2.45) is 5.92 Å². The van der Waals surface area contributed by atoms with E-state index in [1.54, 1.807) is 0 Å². The fourth-order valence-corrected chi connectivity index (χ4v) is 2.49. The molecule has 1 aromatic rings. The summed E-state index contributed by atoms with van der Waals surface area (Å²) in [6.07, 6.45) is 8.98. The minimum Gasteiger partial charge on any atom is -0.466 e. The molecule has 2 unspecified atom stereocenters. The van der Waals surface area contributed by atoms with Gasteiger partial charge in [0.25, 0.3) is 0 Å². The Kier molecular flexibility index (Phi) is 4.83. The molecular weight excluding hydrogens is 238 g/mol. The van der Waals surface area contributed by atoms with Crippen LogP contribution < -0.4 is 5.32 Å². The van der Waals surface area contributed by atoms with Crippen LogP contribution >= 0.6 is 0 Å². The van der Waals surface area contributed by atoms with Crippen LogP contribution in [0.25, 0.3) is 0 Å². The van der Waals surface area contributed by atoms with Crippen molar-refractivity contribution in [3.8, 4) is 0 Å². The molecule has 1 N–H and O–H groups in total. The molecule has 0 radical (unpaired) electrons. The van der Waals surface area contributed by atoms with Crippen LogP contribution in [-0.4, -0.2) is 11.9 Å². The molecule has 0 aliphatic heterocycles. The molecule has 0 saturated carbocycles. The number of nitrogens with one attached hydrogen (secondary N) is 1. The first-order valence-electron chi connectivity index (χ1n) is 7.15. The number of carbonyl (C=O) groups is 1. The first-order valence-corrected chi connectivity index (χ1v) is 7.15. The molecule has 1 aliphatic carbocycles. The Labute approximate surface area is 115 Å². The summed E-state index contributed by atoms with van der Waals surface area (Å²) in [5, 5.41) is 3.07. The van der Waals surface area contributed by atoms with Gasteiger partial charge in [0.1, 0.15) is 11.5 Å². The van der Waals surface area contributed by atoms with Gasteiger partial charge >= 0.3 is 0 Å². The van der Waals surface area contributed by atoms with Gasteiger partial charge in [-0.25, -0.2) is 0 Å². The van der Waals surface area contributed by atoms with Crippen molar-refractivity contribution in [2.45, 2.75) is 52.0 Å². The molecule has 0 aromatic carbocycles. The highest BCUT2D eigenvalue weighted by molar-refractivity contribution is 5.76. The molecule has 104 valence electrons. The van der Waals surface area contributed by atoms with Gasteiger partial charge in [0.05, 0.1) is 0 Å². The molecule has 0 spiro atoms. The van der Waals surface area contributed by atoms with Crippen molar-refractivity contribution in [1.29, 1.82) is 0 Å². The fourth-order valence-electron chi connectivity index (χ4n) is 2.49. The maximum Gasteiger partial charge on any atom is 0.220 e. The lowest BCUT2D eigenvalue weighted by molar-refractivity contribution is -0.122. The van der Waals surface area contributed by atoms with Crippen molar-refractivity contribution in [3.63, 3.8) is 0 Å². The average molecular weight is 261 g/mol. The van der Waals surface area contributed by atoms with Gasteiger partial charge in [-0.05, 0) is 51.2 Å². The van der Waals surface area contributed by atoms with Gasteiger partial charge in [-0.15, -0.1) is 0 Å². The van der Waals surface area contributed by atoms with E-state index in [1.807, 2.05) is 19.1 Å². The zero-order valence-corrected chi connectivity index (χ0v) is 11.8. The van der Waals surface area contributed by atoms with E-state index in [0.29, 0.717) is 12.3 Å². The maximum atomic E-state index is 11.9. The summed E-state index contributed by atoms with van der Waals surface area (Å²) in [5.41, 5.74) is 0. The third kappa shape index (κ3) is 4.58. The van der Waals surface area contributed by atoms with Crippen LogP contribution in [0.2, 0.25) is 0 Å². The number of aryl methyl sites for hydroxylation is 2. The Morgan fingerprint density at radius 2 is 2.37 bits per heavy atom. The van der Waals surface area contributed by atoms with Gasteiger partial charge in [-0.3, -0.25) is 4.79 Å². The number of amides is 1. The maximum absolute atomic E-state index is 11.9. The van der Waals surface area contributed by atoms with Gasteiger partial charge in [0.2, 0.25) is 5.91 Å². The molecule has 19 heavy (non-hydrogen) atoms. The van der Waals surface area contributed by atoms with E-state index >= 15 is 0 Å². The lowest BCUT2D eigenvalue weighted by atomic mass is 10.0. The van der Waals surface area contributed by atoms with Crippen LogP contribution in [-0.2, 0) is 11.2 Å². The Balaban J connectivity index is 1.67. The molecule has 0 saturated heterocycles. The van der Waals surface area contributed by atoms with Crippen molar-refractivity contribution in [1.82, 2.24) is 5.32 Å². The fraction of sp³-hybridized carbons (Fsp3) is 0.562. The van der Waals surface area contributed by atoms with E-state index in [9.17, 15) is 4.79 Å². The highest BCUT2D eigenvalue weighted by Gasteiger charge is 2.15. The third-order valence-electron chi connectivity index (χ3n) is 3.59. The predicted molar refractivity (Wildman–Crippen MR) is 75.9 cm³/mol. The standard InChI is InChI=1S/C16H23NO2/c1-12(7-9-15-10-8-13(2)19-15)17-16(18)11-14-5-3-4-6-14/h3,5,8,10,12,14H,4,6-7,9,11H2,1-2H3,(H,17,18). The number of rotatable bonds is 6. The molecule has 2 rings (SSSR count). The summed E-state index contributed by atoms with van der Waals surface area (Å²) in [4.78, 5) is 11.9. The topological polar surface area (TPSA) is 42.2 Å². The van der Waals surface area contributed by atoms with Gasteiger partial charge in [-0.1, -0.05) is 12.2 Å². The Morgan fingerprint density at radius 1 is 1.53 bits per heavy atom. The van der Waals surface area contributed by atoms with Crippen LogP contribution in [0, 0.1) is 12.8 Å². The van der Waals surface area contributed by atoms with E-state index in [1.165, 1.54) is 0 Å². The second kappa shape index (κ2) is 6.60. The number of furan rings is 1. The van der Waals surface area contributed by atoms with Gasteiger partial charge < -0.3 is 9.73 Å². The summed E-state index contributed by atoms with van der Waals surface area (Å²) >= 11 is 0. The Hall–Kier alpha value is -1.51.